The zero-order valence-electron chi connectivity index (χ0n) is 10.3. The first-order valence-electron chi connectivity index (χ1n) is 6.00. The van der Waals surface area contributed by atoms with E-state index in [1.807, 2.05) is 30.3 Å². The lowest BCUT2D eigenvalue weighted by Crippen LogP contribution is -2.02. The summed E-state index contributed by atoms with van der Waals surface area (Å²) in [6.07, 6.45) is 1.49. The van der Waals surface area contributed by atoms with Crippen LogP contribution in [0.5, 0.6) is 0 Å². The van der Waals surface area contributed by atoms with Gasteiger partial charge in [0.15, 0.2) is 5.78 Å². The summed E-state index contributed by atoms with van der Waals surface area (Å²) >= 11 is 0. The van der Waals surface area contributed by atoms with Gasteiger partial charge in [0.1, 0.15) is 5.82 Å². The Morgan fingerprint density at radius 3 is 2.44 bits per heavy atom. The van der Waals surface area contributed by atoms with E-state index in [1.54, 1.807) is 6.07 Å². The number of Topliss-reactive ketones (excluding diaryl/α,β-unsaturated/α-hetero) is 1. The molecule has 0 radical (unpaired) electrons. The Balaban J connectivity index is 2.18. The van der Waals surface area contributed by atoms with Gasteiger partial charge in [-0.2, -0.15) is 0 Å². The highest BCUT2D eigenvalue weighted by Gasteiger charge is 2.08. The van der Waals surface area contributed by atoms with E-state index in [4.69, 9.17) is 0 Å². The van der Waals surface area contributed by atoms with Crippen molar-refractivity contribution in [3.63, 3.8) is 0 Å². The van der Waals surface area contributed by atoms with Crippen LogP contribution in [0.1, 0.15) is 28.4 Å². The number of hydrogen-bond donors (Lipinski definition) is 0. The predicted octanol–water partition coefficient (Wildman–Crippen LogP) is 3.81. The molecule has 92 valence electrons. The van der Waals surface area contributed by atoms with E-state index in [0.29, 0.717) is 12.0 Å². The first-order chi connectivity index (χ1) is 8.66. The van der Waals surface area contributed by atoms with Gasteiger partial charge in [0.2, 0.25) is 0 Å². The summed E-state index contributed by atoms with van der Waals surface area (Å²) in [4.78, 5) is 11.5. The van der Waals surface area contributed by atoms with Crippen LogP contribution in [0.4, 0.5) is 4.39 Å². The number of rotatable bonds is 4. The van der Waals surface area contributed by atoms with Gasteiger partial charge in [0, 0.05) is 5.56 Å². The van der Waals surface area contributed by atoms with Gasteiger partial charge in [-0.3, -0.25) is 4.79 Å². The van der Waals surface area contributed by atoms with Gasteiger partial charge < -0.3 is 0 Å². The summed E-state index contributed by atoms with van der Waals surface area (Å²) in [7, 11) is 0. The van der Waals surface area contributed by atoms with E-state index in [9.17, 15) is 9.18 Å². The van der Waals surface area contributed by atoms with Gasteiger partial charge in [-0.15, -0.1) is 0 Å². The van der Waals surface area contributed by atoms with Crippen LogP contribution in [0.25, 0.3) is 0 Å². The molecule has 0 aromatic heterocycles. The molecule has 0 N–H and O–H groups in total. The van der Waals surface area contributed by atoms with Crippen molar-refractivity contribution in [2.45, 2.75) is 19.8 Å². The number of carbonyl (C=O) groups excluding carboxylic acids is 1. The van der Waals surface area contributed by atoms with E-state index in [0.717, 1.165) is 12.0 Å². The monoisotopic (exact) mass is 242 g/mol. The molecule has 2 aromatic carbocycles. The standard InChI is InChI=1S/C16H15FO/c1-12(18)16-10-9-15(17)11-14(16)8-7-13-5-3-2-4-6-13/h2-6,9-11H,7-8H2,1H3. The number of halogens is 1. The summed E-state index contributed by atoms with van der Waals surface area (Å²) in [6.45, 7) is 1.51. The summed E-state index contributed by atoms with van der Waals surface area (Å²) in [6, 6.07) is 14.4. The largest absolute Gasteiger partial charge is 0.295 e. The van der Waals surface area contributed by atoms with Crippen LogP contribution in [0, 0.1) is 5.82 Å². The number of hydrogen-bond acceptors (Lipinski definition) is 1. The number of ketones is 1. The maximum absolute atomic E-state index is 13.2. The van der Waals surface area contributed by atoms with Crippen LogP contribution in [-0.4, -0.2) is 5.78 Å². The van der Waals surface area contributed by atoms with Crippen LogP contribution >= 0.6 is 0 Å². The Morgan fingerprint density at radius 1 is 1.06 bits per heavy atom. The Hall–Kier alpha value is -1.96. The second-order valence-corrected chi connectivity index (χ2v) is 4.34. The normalized spacial score (nSPS) is 10.3. The molecule has 0 aliphatic rings. The quantitative estimate of drug-likeness (QED) is 0.745. The van der Waals surface area contributed by atoms with E-state index >= 15 is 0 Å². The van der Waals surface area contributed by atoms with Crippen molar-refractivity contribution in [1.29, 1.82) is 0 Å². The van der Waals surface area contributed by atoms with Gasteiger partial charge in [-0.05, 0) is 49.1 Å². The Bertz CT molecular complexity index is 546. The van der Waals surface area contributed by atoms with Crippen molar-refractivity contribution in [3.05, 3.63) is 71.0 Å². The molecular formula is C16H15FO. The van der Waals surface area contributed by atoms with Crippen molar-refractivity contribution in [3.8, 4) is 0 Å². The fourth-order valence-electron chi connectivity index (χ4n) is 2.04. The second-order valence-electron chi connectivity index (χ2n) is 4.34. The average molecular weight is 242 g/mol. The molecule has 0 aliphatic carbocycles. The molecule has 2 heteroatoms. The fraction of sp³-hybridized carbons (Fsp3) is 0.188. The smallest absolute Gasteiger partial charge is 0.160 e. The molecule has 0 bridgehead atoms. The van der Waals surface area contributed by atoms with Crippen molar-refractivity contribution < 1.29 is 9.18 Å². The molecule has 0 atom stereocenters. The second kappa shape index (κ2) is 5.58. The minimum Gasteiger partial charge on any atom is -0.295 e. The SMILES string of the molecule is CC(=O)c1ccc(F)cc1CCc1ccccc1. The molecule has 0 heterocycles. The summed E-state index contributed by atoms with van der Waals surface area (Å²) < 4.78 is 13.2. The minimum atomic E-state index is -0.289. The van der Waals surface area contributed by atoms with Gasteiger partial charge in [-0.25, -0.2) is 4.39 Å². The molecule has 18 heavy (non-hydrogen) atoms. The van der Waals surface area contributed by atoms with Crippen LogP contribution in [0.15, 0.2) is 48.5 Å². The molecule has 0 spiro atoms. The third kappa shape index (κ3) is 3.04. The van der Waals surface area contributed by atoms with Crippen molar-refractivity contribution in [2.75, 3.05) is 0 Å². The topological polar surface area (TPSA) is 17.1 Å². The van der Waals surface area contributed by atoms with Crippen LogP contribution in [0.2, 0.25) is 0 Å². The Morgan fingerprint density at radius 2 is 1.78 bits per heavy atom. The number of benzene rings is 2. The van der Waals surface area contributed by atoms with Crippen LogP contribution in [0.3, 0.4) is 0 Å². The van der Waals surface area contributed by atoms with E-state index in [2.05, 4.69) is 0 Å². The first-order valence-corrected chi connectivity index (χ1v) is 6.00. The molecule has 1 nitrogen and oxygen atoms in total. The highest BCUT2D eigenvalue weighted by atomic mass is 19.1. The van der Waals surface area contributed by atoms with Crippen LogP contribution in [-0.2, 0) is 12.8 Å². The molecule has 2 rings (SSSR count). The van der Waals surface area contributed by atoms with Crippen molar-refractivity contribution in [2.24, 2.45) is 0 Å². The minimum absolute atomic E-state index is 0.0157. The molecule has 0 fully saturated rings. The predicted molar refractivity (Wildman–Crippen MR) is 70.3 cm³/mol. The third-order valence-corrected chi connectivity index (χ3v) is 2.97. The average Bonchev–Trinajstić information content (AvgIpc) is 2.37. The van der Waals surface area contributed by atoms with E-state index in [1.165, 1.54) is 24.6 Å². The zero-order valence-corrected chi connectivity index (χ0v) is 10.3. The van der Waals surface area contributed by atoms with Gasteiger partial charge in [-0.1, -0.05) is 30.3 Å². The first kappa shape index (κ1) is 12.5. The van der Waals surface area contributed by atoms with Gasteiger partial charge >= 0.3 is 0 Å². The Kier molecular flexibility index (Phi) is 3.88. The third-order valence-electron chi connectivity index (χ3n) is 2.97. The summed E-state index contributed by atoms with van der Waals surface area (Å²) in [5.74, 6) is -0.305. The maximum atomic E-state index is 13.2. The lowest BCUT2D eigenvalue weighted by Gasteiger charge is -2.07. The van der Waals surface area contributed by atoms with Crippen molar-refractivity contribution in [1.82, 2.24) is 0 Å². The molecule has 0 saturated carbocycles. The molecule has 0 amide bonds. The summed E-state index contributed by atoms with van der Waals surface area (Å²) in [5.41, 5.74) is 2.59. The molecule has 0 saturated heterocycles. The molecule has 0 aliphatic heterocycles. The van der Waals surface area contributed by atoms with E-state index < -0.39 is 0 Å². The van der Waals surface area contributed by atoms with Gasteiger partial charge in [0.05, 0.1) is 0 Å². The Labute approximate surface area is 106 Å². The molecule has 2 aromatic rings. The molecular weight excluding hydrogens is 227 g/mol. The summed E-state index contributed by atoms with van der Waals surface area (Å²) in [5, 5.41) is 0. The maximum Gasteiger partial charge on any atom is 0.160 e. The number of carbonyl (C=O) groups is 1. The molecule has 0 unspecified atom stereocenters. The fourth-order valence-corrected chi connectivity index (χ4v) is 2.04. The zero-order chi connectivity index (χ0) is 13.0. The van der Waals surface area contributed by atoms with Crippen LogP contribution < -0.4 is 0 Å². The van der Waals surface area contributed by atoms with E-state index in [-0.39, 0.29) is 11.6 Å². The highest BCUT2D eigenvalue weighted by Crippen LogP contribution is 2.15. The highest BCUT2D eigenvalue weighted by molar-refractivity contribution is 5.95. The lowest BCUT2D eigenvalue weighted by atomic mass is 9.98. The lowest BCUT2D eigenvalue weighted by molar-refractivity contribution is 0.101. The number of aryl methyl sites for hydroxylation is 2. The van der Waals surface area contributed by atoms with Crippen molar-refractivity contribution >= 4 is 5.78 Å². The van der Waals surface area contributed by atoms with Gasteiger partial charge in [0.25, 0.3) is 0 Å².